The smallest absolute Gasteiger partial charge is 0.122 e. The normalized spacial score (nSPS) is 23.6. The van der Waals surface area contributed by atoms with Crippen LogP contribution in [-0.4, -0.2) is 19.2 Å². The van der Waals surface area contributed by atoms with Crippen molar-refractivity contribution >= 4 is 0 Å². The summed E-state index contributed by atoms with van der Waals surface area (Å²) < 4.78 is 5.77. The Labute approximate surface area is 111 Å². The van der Waals surface area contributed by atoms with E-state index in [2.05, 4.69) is 50.4 Å². The Morgan fingerprint density at radius 3 is 2.83 bits per heavy atom. The highest BCUT2D eigenvalue weighted by molar-refractivity contribution is 5.38. The molecular weight excluding hydrogens is 222 g/mol. The predicted molar refractivity (Wildman–Crippen MR) is 76.2 cm³/mol. The lowest BCUT2D eigenvalue weighted by Gasteiger charge is -2.23. The van der Waals surface area contributed by atoms with Gasteiger partial charge in [0.05, 0.1) is 6.61 Å². The molecule has 2 nitrogen and oxygen atoms in total. The summed E-state index contributed by atoms with van der Waals surface area (Å²) >= 11 is 0. The van der Waals surface area contributed by atoms with E-state index in [0.29, 0.717) is 12.0 Å². The van der Waals surface area contributed by atoms with Crippen LogP contribution in [0.15, 0.2) is 24.3 Å². The van der Waals surface area contributed by atoms with Crippen molar-refractivity contribution in [2.24, 2.45) is 5.92 Å². The number of hydrogen-bond acceptors (Lipinski definition) is 2. The summed E-state index contributed by atoms with van der Waals surface area (Å²) in [4.78, 5) is 0. The minimum absolute atomic E-state index is 0.603. The van der Waals surface area contributed by atoms with E-state index in [1.54, 1.807) is 0 Å². The van der Waals surface area contributed by atoms with Crippen LogP contribution in [0.2, 0.25) is 0 Å². The molecular formula is C16H25NO. The summed E-state index contributed by atoms with van der Waals surface area (Å²) in [6.45, 7) is 8.51. The van der Waals surface area contributed by atoms with Crippen molar-refractivity contribution < 1.29 is 4.74 Å². The molecule has 1 aliphatic rings. The van der Waals surface area contributed by atoms with E-state index in [1.807, 2.05) is 0 Å². The SMILES string of the molecule is CCOc1ccccc1C1CCNC1CC(C)C. The first-order valence-electron chi connectivity index (χ1n) is 7.17. The van der Waals surface area contributed by atoms with Gasteiger partial charge in [0.15, 0.2) is 0 Å². The third kappa shape index (κ3) is 3.05. The van der Waals surface area contributed by atoms with Gasteiger partial charge < -0.3 is 10.1 Å². The van der Waals surface area contributed by atoms with Crippen LogP contribution in [0.25, 0.3) is 0 Å². The largest absolute Gasteiger partial charge is 0.494 e. The first kappa shape index (κ1) is 13.4. The highest BCUT2D eigenvalue weighted by Crippen LogP contribution is 2.36. The van der Waals surface area contributed by atoms with E-state index in [1.165, 1.54) is 18.4 Å². The summed E-state index contributed by atoms with van der Waals surface area (Å²) in [6, 6.07) is 9.13. The third-order valence-corrected chi connectivity index (χ3v) is 3.69. The summed E-state index contributed by atoms with van der Waals surface area (Å²) in [5.41, 5.74) is 1.38. The van der Waals surface area contributed by atoms with Crippen LogP contribution in [0.3, 0.4) is 0 Å². The van der Waals surface area contributed by atoms with Gasteiger partial charge in [0.25, 0.3) is 0 Å². The zero-order valence-electron chi connectivity index (χ0n) is 11.8. The minimum Gasteiger partial charge on any atom is -0.494 e. The fourth-order valence-corrected chi connectivity index (χ4v) is 2.97. The number of para-hydroxylation sites is 1. The van der Waals surface area contributed by atoms with Crippen molar-refractivity contribution in [1.29, 1.82) is 0 Å². The van der Waals surface area contributed by atoms with Crippen molar-refractivity contribution in [2.75, 3.05) is 13.2 Å². The molecule has 0 aromatic heterocycles. The number of hydrogen-bond donors (Lipinski definition) is 1. The van der Waals surface area contributed by atoms with Crippen LogP contribution in [0, 0.1) is 5.92 Å². The molecule has 2 unspecified atom stereocenters. The van der Waals surface area contributed by atoms with Gasteiger partial charge in [-0.05, 0) is 43.9 Å². The van der Waals surface area contributed by atoms with Gasteiger partial charge in [-0.25, -0.2) is 0 Å². The van der Waals surface area contributed by atoms with E-state index in [4.69, 9.17) is 4.74 Å². The maximum Gasteiger partial charge on any atom is 0.122 e. The molecule has 0 amide bonds. The van der Waals surface area contributed by atoms with E-state index >= 15 is 0 Å². The Hall–Kier alpha value is -1.02. The molecule has 1 aromatic rings. The second kappa shape index (κ2) is 6.24. The number of rotatable bonds is 5. The lowest BCUT2D eigenvalue weighted by Crippen LogP contribution is -2.27. The van der Waals surface area contributed by atoms with Crippen LogP contribution in [-0.2, 0) is 0 Å². The Morgan fingerprint density at radius 2 is 2.11 bits per heavy atom. The lowest BCUT2D eigenvalue weighted by molar-refractivity contribution is 0.330. The highest BCUT2D eigenvalue weighted by Gasteiger charge is 2.30. The first-order chi connectivity index (χ1) is 8.72. The second-order valence-electron chi connectivity index (χ2n) is 5.56. The van der Waals surface area contributed by atoms with Crippen LogP contribution < -0.4 is 10.1 Å². The molecule has 1 fully saturated rings. The van der Waals surface area contributed by atoms with Crippen LogP contribution in [0.5, 0.6) is 5.75 Å². The lowest BCUT2D eigenvalue weighted by atomic mass is 9.87. The molecule has 0 aliphatic carbocycles. The molecule has 1 N–H and O–H groups in total. The molecule has 0 bridgehead atoms. The predicted octanol–water partition coefficient (Wildman–Crippen LogP) is 3.58. The number of ether oxygens (including phenoxy) is 1. The fourth-order valence-electron chi connectivity index (χ4n) is 2.97. The molecule has 1 saturated heterocycles. The van der Waals surface area contributed by atoms with Gasteiger partial charge in [-0.1, -0.05) is 32.0 Å². The van der Waals surface area contributed by atoms with Gasteiger partial charge in [-0.15, -0.1) is 0 Å². The van der Waals surface area contributed by atoms with Crippen LogP contribution in [0.4, 0.5) is 0 Å². The van der Waals surface area contributed by atoms with Crippen molar-refractivity contribution in [3.63, 3.8) is 0 Å². The summed E-state index contributed by atoms with van der Waals surface area (Å²) in [7, 11) is 0. The molecule has 1 aromatic carbocycles. The monoisotopic (exact) mass is 247 g/mol. The maximum absolute atomic E-state index is 5.77. The second-order valence-corrected chi connectivity index (χ2v) is 5.56. The Morgan fingerprint density at radius 1 is 1.33 bits per heavy atom. The molecule has 18 heavy (non-hydrogen) atoms. The first-order valence-corrected chi connectivity index (χ1v) is 7.17. The van der Waals surface area contributed by atoms with Gasteiger partial charge in [-0.2, -0.15) is 0 Å². The average molecular weight is 247 g/mol. The molecule has 1 heterocycles. The summed E-state index contributed by atoms with van der Waals surface area (Å²) in [5.74, 6) is 2.42. The van der Waals surface area contributed by atoms with E-state index in [9.17, 15) is 0 Å². The molecule has 0 radical (unpaired) electrons. The van der Waals surface area contributed by atoms with Crippen molar-refractivity contribution in [3.05, 3.63) is 29.8 Å². The molecule has 2 heteroatoms. The average Bonchev–Trinajstić information content (AvgIpc) is 2.77. The molecule has 2 atom stereocenters. The van der Waals surface area contributed by atoms with Gasteiger partial charge in [0.1, 0.15) is 5.75 Å². The standard InChI is InChI=1S/C16H25NO/c1-4-18-16-8-6-5-7-14(16)13-9-10-17-15(13)11-12(2)3/h5-8,12-13,15,17H,4,9-11H2,1-3H3. The zero-order valence-corrected chi connectivity index (χ0v) is 11.8. The zero-order chi connectivity index (χ0) is 13.0. The van der Waals surface area contributed by atoms with Crippen molar-refractivity contribution in [2.45, 2.75) is 45.6 Å². The molecule has 2 rings (SSSR count). The Balaban J connectivity index is 2.18. The van der Waals surface area contributed by atoms with E-state index in [-0.39, 0.29) is 0 Å². The van der Waals surface area contributed by atoms with Gasteiger partial charge in [-0.3, -0.25) is 0 Å². The van der Waals surface area contributed by atoms with Crippen LogP contribution in [0.1, 0.15) is 45.1 Å². The number of nitrogens with one attached hydrogen (secondary N) is 1. The van der Waals surface area contributed by atoms with E-state index < -0.39 is 0 Å². The van der Waals surface area contributed by atoms with Gasteiger partial charge in [0.2, 0.25) is 0 Å². The highest BCUT2D eigenvalue weighted by atomic mass is 16.5. The fraction of sp³-hybridized carbons (Fsp3) is 0.625. The molecule has 0 spiro atoms. The van der Waals surface area contributed by atoms with Crippen molar-refractivity contribution in [1.82, 2.24) is 5.32 Å². The van der Waals surface area contributed by atoms with Crippen LogP contribution >= 0.6 is 0 Å². The minimum atomic E-state index is 0.603. The Kier molecular flexibility index (Phi) is 4.65. The van der Waals surface area contributed by atoms with E-state index in [0.717, 1.165) is 24.8 Å². The molecule has 1 aliphatic heterocycles. The summed E-state index contributed by atoms with van der Waals surface area (Å²) in [5, 5.41) is 3.65. The Bertz CT molecular complexity index is 375. The van der Waals surface area contributed by atoms with Crippen molar-refractivity contribution in [3.8, 4) is 5.75 Å². The maximum atomic E-state index is 5.77. The van der Waals surface area contributed by atoms with Gasteiger partial charge in [0, 0.05) is 12.0 Å². The topological polar surface area (TPSA) is 21.3 Å². The quantitative estimate of drug-likeness (QED) is 0.858. The summed E-state index contributed by atoms with van der Waals surface area (Å²) in [6.07, 6.45) is 2.46. The third-order valence-electron chi connectivity index (χ3n) is 3.69. The molecule has 100 valence electrons. The van der Waals surface area contributed by atoms with Gasteiger partial charge >= 0.3 is 0 Å². The number of benzene rings is 1. The molecule has 0 saturated carbocycles.